The summed E-state index contributed by atoms with van der Waals surface area (Å²) in [6.07, 6.45) is 0.960. The molecule has 0 aromatic rings. The summed E-state index contributed by atoms with van der Waals surface area (Å²) in [6, 6.07) is 0. The lowest BCUT2D eigenvalue weighted by Crippen LogP contribution is -2.37. The summed E-state index contributed by atoms with van der Waals surface area (Å²) >= 11 is 5.09. The van der Waals surface area contributed by atoms with Gasteiger partial charge in [0.25, 0.3) is 0 Å². The summed E-state index contributed by atoms with van der Waals surface area (Å²) in [5, 5.41) is 6.87. The van der Waals surface area contributed by atoms with Crippen molar-refractivity contribution in [3.63, 3.8) is 0 Å². The van der Waals surface area contributed by atoms with Gasteiger partial charge in [0, 0.05) is 33.4 Å². The molecule has 0 aliphatic rings. The first kappa shape index (κ1) is 15.6. The zero-order valence-corrected chi connectivity index (χ0v) is 11.4. The van der Waals surface area contributed by atoms with Crippen LogP contribution in [0.1, 0.15) is 20.3 Å². The second-order valence-electron chi connectivity index (χ2n) is 4.00. The highest BCUT2D eigenvalue weighted by Gasteiger charge is 1.96. The minimum Gasteiger partial charge on any atom is -0.385 e. The van der Waals surface area contributed by atoms with Gasteiger partial charge in [-0.2, -0.15) is 0 Å². The van der Waals surface area contributed by atoms with Gasteiger partial charge in [0.05, 0.1) is 6.61 Å². The highest BCUT2D eigenvalue weighted by Crippen LogP contribution is 1.90. The van der Waals surface area contributed by atoms with Crippen molar-refractivity contribution in [1.29, 1.82) is 0 Å². The molecule has 0 amide bonds. The van der Waals surface area contributed by atoms with E-state index in [2.05, 4.69) is 24.5 Å². The third-order valence-corrected chi connectivity index (χ3v) is 2.08. The van der Waals surface area contributed by atoms with Crippen LogP contribution in [0.25, 0.3) is 0 Å². The Balaban J connectivity index is 3.17. The molecule has 96 valence electrons. The van der Waals surface area contributed by atoms with Crippen LogP contribution in [-0.2, 0) is 9.47 Å². The quantitative estimate of drug-likeness (QED) is 0.473. The molecule has 0 aliphatic heterocycles. The number of methoxy groups -OCH3 is 1. The molecule has 0 saturated carbocycles. The molecule has 0 aliphatic carbocycles. The Bertz CT molecular complexity index is 177. The molecule has 2 N–H and O–H groups in total. The summed E-state index contributed by atoms with van der Waals surface area (Å²) in [7, 11) is 1.70. The molecule has 0 heterocycles. The lowest BCUT2D eigenvalue weighted by atomic mass is 10.2. The largest absolute Gasteiger partial charge is 0.385 e. The maximum Gasteiger partial charge on any atom is 0.166 e. The van der Waals surface area contributed by atoms with Crippen LogP contribution in [0.4, 0.5) is 0 Å². The van der Waals surface area contributed by atoms with E-state index < -0.39 is 0 Å². The van der Waals surface area contributed by atoms with Gasteiger partial charge in [-0.1, -0.05) is 13.8 Å². The van der Waals surface area contributed by atoms with Crippen LogP contribution in [0.3, 0.4) is 0 Å². The zero-order chi connectivity index (χ0) is 12.2. The van der Waals surface area contributed by atoms with Crippen LogP contribution in [0.5, 0.6) is 0 Å². The summed E-state index contributed by atoms with van der Waals surface area (Å²) in [4.78, 5) is 0. The minimum absolute atomic E-state index is 0.583. The van der Waals surface area contributed by atoms with Crippen molar-refractivity contribution in [3.8, 4) is 0 Å². The van der Waals surface area contributed by atoms with Crippen molar-refractivity contribution in [2.75, 3.05) is 40.0 Å². The van der Waals surface area contributed by atoms with Gasteiger partial charge in [-0.15, -0.1) is 0 Å². The third-order valence-electron chi connectivity index (χ3n) is 1.79. The van der Waals surface area contributed by atoms with Crippen LogP contribution < -0.4 is 10.6 Å². The average Bonchev–Trinajstić information content (AvgIpc) is 2.23. The second kappa shape index (κ2) is 11.1. The van der Waals surface area contributed by atoms with E-state index in [9.17, 15) is 0 Å². The monoisotopic (exact) mass is 248 g/mol. The van der Waals surface area contributed by atoms with Gasteiger partial charge in [0.1, 0.15) is 0 Å². The van der Waals surface area contributed by atoms with Gasteiger partial charge in [0.2, 0.25) is 0 Å². The number of nitrogens with one attached hydrogen (secondary N) is 2. The molecule has 0 spiro atoms. The molecular formula is C11H24N2O2S. The number of ether oxygens (including phenoxy) is 2. The van der Waals surface area contributed by atoms with Gasteiger partial charge < -0.3 is 20.1 Å². The van der Waals surface area contributed by atoms with E-state index in [0.717, 1.165) is 32.7 Å². The Morgan fingerprint density at radius 1 is 1.19 bits per heavy atom. The Morgan fingerprint density at radius 3 is 2.50 bits per heavy atom. The fraction of sp³-hybridized carbons (Fsp3) is 0.909. The number of rotatable bonds is 9. The van der Waals surface area contributed by atoms with Crippen molar-refractivity contribution in [2.24, 2.45) is 5.92 Å². The number of hydrogen-bond donors (Lipinski definition) is 2. The fourth-order valence-corrected chi connectivity index (χ4v) is 1.24. The fourth-order valence-electron chi connectivity index (χ4n) is 1.04. The van der Waals surface area contributed by atoms with Gasteiger partial charge >= 0.3 is 0 Å². The average molecular weight is 248 g/mol. The molecule has 4 nitrogen and oxygen atoms in total. The van der Waals surface area contributed by atoms with E-state index in [0.29, 0.717) is 17.6 Å². The Kier molecular flexibility index (Phi) is 10.8. The maximum atomic E-state index is 5.42. The van der Waals surface area contributed by atoms with E-state index in [-0.39, 0.29) is 0 Å². The Labute approximate surface area is 104 Å². The molecule has 0 fully saturated rings. The maximum absolute atomic E-state index is 5.42. The molecule has 5 heteroatoms. The van der Waals surface area contributed by atoms with E-state index in [1.165, 1.54) is 0 Å². The minimum atomic E-state index is 0.583. The normalized spacial score (nSPS) is 10.5. The second-order valence-corrected chi connectivity index (χ2v) is 4.41. The van der Waals surface area contributed by atoms with Crippen molar-refractivity contribution in [3.05, 3.63) is 0 Å². The van der Waals surface area contributed by atoms with Crippen LogP contribution >= 0.6 is 12.2 Å². The summed E-state index contributed by atoms with van der Waals surface area (Å²) in [5.74, 6) is 0.583. The molecule has 0 radical (unpaired) electrons. The molecule has 0 unspecified atom stereocenters. The predicted octanol–water partition coefficient (Wildman–Crippen LogP) is 1.16. The molecule has 0 saturated heterocycles. The molecule has 0 atom stereocenters. The van der Waals surface area contributed by atoms with Gasteiger partial charge in [-0.05, 0) is 24.6 Å². The smallest absolute Gasteiger partial charge is 0.166 e. The number of thiocarbonyl (C=S) groups is 1. The molecular weight excluding hydrogens is 224 g/mol. The highest BCUT2D eigenvalue weighted by atomic mass is 32.1. The van der Waals surface area contributed by atoms with E-state index >= 15 is 0 Å². The van der Waals surface area contributed by atoms with E-state index in [4.69, 9.17) is 21.7 Å². The predicted molar refractivity (Wildman–Crippen MR) is 70.8 cm³/mol. The van der Waals surface area contributed by atoms with Gasteiger partial charge in [0.15, 0.2) is 5.11 Å². The topological polar surface area (TPSA) is 42.5 Å². The SMILES string of the molecule is COCCCNC(=S)NCCOCC(C)C. The lowest BCUT2D eigenvalue weighted by molar-refractivity contribution is 0.114. The molecule has 16 heavy (non-hydrogen) atoms. The first-order chi connectivity index (χ1) is 7.66. The molecule has 0 aromatic carbocycles. The summed E-state index contributed by atoms with van der Waals surface area (Å²) in [5.41, 5.74) is 0. The number of hydrogen-bond acceptors (Lipinski definition) is 3. The standard InChI is InChI=1S/C11H24N2O2S/c1-10(2)9-15-8-6-13-11(16)12-5-4-7-14-3/h10H,4-9H2,1-3H3,(H2,12,13,16). The first-order valence-electron chi connectivity index (χ1n) is 5.75. The Morgan fingerprint density at radius 2 is 1.88 bits per heavy atom. The first-order valence-corrected chi connectivity index (χ1v) is 6.16. The van der Waals surface area contributed by atoms with E-state index in [1.807, 2.05) is 0 Å². The van der Waals surface area contributed by atoms with Crippen molar-refractivity contribution in [2.45, 2.75) is 20.3 Å². The van der Waals surface area contributed by atoms with Crippen LogP contribution in [0.15, 0.2) is 0 Å². The molecule has 0 rings (SSSR count). The summed E-state index contributed by atoms with van der Waals surface area (Å²) in [6.45, 7) is 8.11. The van der Waals surface area contributed by atoms with Crippen molar-refractivity contribution >= 4 is 17.3 Å². The Hall–Kier alpha value is -0.390. The van der Waals surface area contributed by atoms with Crippen LogP contribution in [0.2, 0.25) is 0 Å². The van der Waals surface area contributed by atoms with Gasteiger partial charge in [-0.25, -0.2) is 0 Å². The van der Waals surface area contributed by atoms with Crippen molar-refractivity contribution in [1.82, 2.24) is 10.6 Å². The van der Waals surface area contributed by atoms with Crippen LogP contribution in [0, 0.1) is 5.92 Å². The summed E-state index contributed by atoms with van der Waals surface area (Å²) < 4.78 is 10.4. The van der Waals surface area contributed by atoms with Crippen LogP contribution in [-0.4, -0.2) is 45.1 Å². The van der Waals surface area contributed by atoms with E-state index in [1.54, 1.807) is 7.11 Å². The molecule has 0 bridgehead atoms. The van der Waals surface area contributed by atoms with Crippen molar-refractivity contribution < 1.29 is 9.47 Å². The highest BCUT2D eigenvalue weighted by molar-refractivity contribution is 7.80. The molecule has 0 aromatic heterocycles. The zero-order valence-electron chi connectivity index (χ0n) is 10.5. The lowest BCUT2D eigenvalue weighted by Gasteiger charge is -2.11. The third kappa shape index (κ3) is 11.7. The van der Waals surface area contributed by atoms with Gasteiger partial charge in [-0.3, -0.25) is 0 Å².